The molecule has 1 aliphatic heterocycles. The Labute approximate surface area is 198 Å². The Morgan fingerprint density at radius 3 is 2.26 bits per heavy atom. The molecule has 0 amide bonds. The smallest absolute Gasteiger partial charge is 0.275 e. The Bertz CT molecular complexity index is 1480. The van der Waals surface area contributed by atoms with Crippen LogP contribution in [0.15, 0.2) is 82.7 Å². The number of nitrogens with zero attached hydrogens (tertiary/aromatic N) is 5. The van der Waals surface area contributed by atoms with Gasteiger partial charge in [-0.05, 0) is 25.1 Å². The highest BCUT2D eigenvalue weighted by Gasteiger charge is 2.29. The SMILES string of the molecule is Cc1ccc(-c2nn(CN3CCN(S(=O)(=O)c4cccnc4)CC3)c(=O)c3ccccc23)cc1. The van der Waals surface area contributed by atoms with Gasteiger partial charge in [-0.1, -0.05) is 48.0 Å². The Balaban J connectivity index is 1.40. The molecular formula is C25H25N5O3S. The molecule has 0 spiro atoms. The van der Waals surface area contributed by atoms with Gasteiger partial charge in [-0.15, -0.1) is 0 Å². The van der Waals surface area contributed by atoms with Crippen molar-refractivity contribution in [3.05, 3.63) is 89.0 Å². The molecule has 4 aromatic rings. The minimum atomic E-state index is -3.58. The van der Waals surface area contributed by atoms with E-state index >= 15 is 0 Å². The number of benzene rings is 2. The maximum Gasteiger partial charge on any atom is 0.275 e. The first-order valence-corrected chi connectivity index (χ1v) is 12.6. The molecule has 0 N–H and O–H groups in total. The predicted molar refractivity (Wildman–Crippen MR) is 131 cm³/mol. The van der Waals surface area contributed by atoms with Crippen LogP contribution in [0.25, 0.3) is 22.0 Å². The zero-order chi connectivity index (χ0) is 23.7. The van der Waals surface area contributed by atoms with Gasteiger partial charge in [-0.3, -0.25) is 14.7 Å². The molecule has 0 unspecified atom stereocenters. The number of fused-ring (bicyclic) bond motifs is 1. The molecule has 174 valence electrons. The maximum absolute atomic E-state index is 13.2. The van der Waals surface area contributed by atoms with E-state index in [1.165, 1.54) is 15.2 Å². The highest BCUT2D eigenvalue weighted by atomic mass is 32.2. The predicted octanol–water partition coefficient (Wildman–Crippen LogP) is 2.73. The molecular weight excluding hydrogens is 450 g/mol. The summed E-state index contributed by atoms with van der Waals surface area (Å²) in [5, 5.41) is 6.17. The lowest BCUT2D eigenvalue weighted by molar-refractivity contribution is 0.143. The van der Waals surface area contributed by atoms with Crippen molar-refractivity contribution in [3.63, 3.8) is 0 Å². The van der Waals surface area contributed by atoms with Crippen molar-refractivity contribution >= 4 is 20.8 Å². The van der Waals surface area contributed by atoms with Crippen LogP contribution < -0.4 is 5.56 Å². The molecule has 3 heterocycles. The van der Waals surface area contributed by atoms with Crippen molar-refractivity contribution in [2.75, 3.05) is 26.2 Å². The van der Waals surface area contributed by atoms with Crippen LogP contribution in [0.5, 0.6) is 0 Å². The summed E-state index contributed by atoms with van der Waals surface area (Å²) in [6.07, 6.45) is 2.92. The second-order valence-electron chi connectivity index (χ2n) is 8.42. The van der Waals surface area contributed by atoms with Crippen LogP contribution in [-0.4, -0.2) is 58.6 Å². The minimum Gasteiger partial charge on any atom is -0.282 e. The van der Waals surface area contributed by atoms with E-state index in [4.69, 9.17) is 5.10 Å². The van der Waals surface area contributed by atoms with E-state index in [0.29, 0.717) is 38.2 Å². The van der Waals surface area contributed by atoms with Gasteiger partial charge in [-0.2, -0.15) is 9.40 Å². The van der Waals surface area contributed by atoms with Crippen molar-refractivity contribution in [2.45, 2.75) is 18.5 Å². The van der Waals surface area contributed by atoms with Gasteiger partial charge in [0, 0.05) is 49.5 Å². The van der Waals surface area contributed by atoms with Crippen molar-refractivity contribution in [1.82, 2.24) is 24.0 Å². The van der Waals surface area contributed by atoms with E-state index < -0.39 is 10.0 Å². The largest absolute Gasteiger partial charge is 0.282 e. The number of hydrogen-bond acceptors (Lipinski definition) is 6. The molecule has 34 heavy (non-hydrogen) atoms. The minimum absolute atomic E-state index is 0.156. The molecule has 1 fully saturated rings. The van der Waals surface area contributed by atoms with Crippen LogP contribution in [0.2, 0.25) is 0 Å². The van der Waals surface area contributed by atoms with Gasteiger partial charge in [0.25, 0.3) is 5.56 Å². The first-order chi connectivity index (χ1) is 16.4. The van der Waals surface area contributed by atoms with Crippen LogP contribution in [0.3, 0.4) is 0 Å². The number of aromatic nitrogens is 3. The van der Waals surface area contributed by atoms with E-state index in [2.05, 4.69) is 9.88 Å². The third kappa shape index (κ3) is 4.25. The van der Waals surface area contributed by atoms with Crippen LogP contribution >= 0.6 is 0 Å². The molecule has 8 nitrogen and oxygen atoms in total. The molecule has 0 aliphatic carbocycles. The Kier molecular flexibility index (Phi) is 5.99. The summed E-state index contributed by atoms with van der Waals surface area (Å²) in [7, 11) is -3.58. The van der Waals surface area contributed by atoms with Crippen molar-refractivity contribution in [2.24, 2.45) is 0 Å². The average molecular weight is 476 g/mol. The summed E-state index contributed by atoms with van der Waals surface area (Å²) < 4.78 is 28.7. The molecule has 0 atom stereocenters. The number of piperazine rings is 1. The number of pyridine rings is 1. The summed E-state index contributed by atoms with van der Waals surface area (Å²) in [6, 6.07) is 18.8. The molecule has 0 bridgehead atoms. The Morgan fingerprint density at radius 2 is 1.59 bits per heavy atom. The molecule has 2 aromatic heterocycles. The molecule has 0 saturated carbocycles. The number of aryl methyl sites for hydroxylation is 1. The fourth-order valence-electron chi connectivity index (χ4n) is 4.21. The molecule has 0 radical (unpaired) electrons. The lowest BCUT2D eigenvalue weighted by atomic mass is 10.0. The van der Waals surface area contributed by atoms with Crippen molar-refractivity contribution in [3.8, 4) is 11.3 Å². The second-order valence-corrected chi connectivity index (χ2v) is 10.4. The van der Waals surface area contributed by atoms with Crippen LogP contribution in [-0.2, 0) is 16.7 Å². The fraction of sp³-hybridized carbons (Fsp3) is 0.240. The lowest BCUT2D eigenvalue weighted by Crippen LogP contribution is -2.49. The quantitative estimate of drug-likeness (QED) is 0.441. The average Bonchev–Trinajstić information content (AvgIpc) is 2.87. The molecule has 1 saturated heterocycles. The van der Waals surface area contributed by atoms with Gasteiger partial charge in [0.15, 0.2) is 0 Å². The summed E-state index contributed by atoms with van der Waals surface area (Å²) in [4.78, 5) is 19.4. The first kappa shape index (κ1) is 22.4. The fourth-order valence-corrected chi connectivity index (χ4v) is 5.59. The summed E-state index contributed by atoms with van der Waals surface area (Å²) in [6.45, 7) is 4.00. The van der Waals surface area contributed by atoms with Gasteiger partial charge in [0.2, 0.25) is 10.0 Å². The molecule has 2 aromatic carbocycles. The monoisotopic (exact) mass is 475 g/mol. The van der Waals surface area contributed by atoms with Gasteiger partial charge in [0.05, 0.1) is 17.7 Å². The third-order valence-corrected chi connectivity index (χ3v) is 8.01. The van der Waals surface area contributed by atoms with Crippen LogP contribution in [0, 0.1) is 6.92 Å². The second kappa shape index (κ2) is 9.09. The van der Waals surface area contributed by atoms with E-state index in [-0.39, 0.29) is 10.5 Å². The zero-order valence-corrected chi connectivity index (χ0v) is 19.6. The number of sulfonamides is 1. The Hall–Kier alpha value is -3.40. The topological polar surface area (TPSA) is 88.4 Å². The molecule has 1 aliphatic rings. The Morgan fingerprint density at radius 1 is 0.882 bits per heavy atom. The van der Waals surface area contributed by atoms with E-state index in [0.717, 1.165) is 22.2 Å². The summed E-state index contributed by atoms with van der Waals surface area (Å²) >= 11 is 0. The summed E-state index contributed by atoms with van der Waals surface area (Å²) in [5.41, 5.74) is 2.70. The molecule has 9 heteroatoms. The van der Waals surface area contributed by atoms with Gasteiger partial charge >= 0.3 is 0 Å². The first-order valence-electron chi connectivity index (χ1n) is 11.1. The zero-order valence-electron chi connectivity index (χ0n) is 18.8. The van der Waals surface area contributed by atoms with Gasteiger partial charge in [0.1, 0.15) is 4.90 Å². The molecule has 5 rings (SSSR count). The standard InChI is InChI=1S/C25H25N5O3S/c1-19-8-10-20(11-9-19)24-22-6-2-3-7-23(22)25(31)30(27-24)18-28-13-15-29(16-14-28)34(32,33)21-5-4-12-26-17-21/h2-12,17H,13-16,18H2,1H3. The van der Waals surface area contributed by atoms with Crippen molar-refractivity contribution < 1.29 is 8.42 Å². The van der Waals surface area contributed by atoms with Gasteiger partial charge < -0.3 is 0 Å². The highest BCUT2D eigenvalue weighted by Crippen LogP contribution is 2.25. The van der Waals surface area contributed by atoms with Crippen LogP contribution in [0.4, 0.5) is 0 Å². The van der Waals surface area contributed by atoms with Crippen molar-refractivity contribution in [1.29, 1.82) is 0 Å². The normalized spacial score (nSPS) is 15.6. The van der Waals surface area contributed by atoms with E-state index in [1.807, 2.05) is 55.5 Å². The number of hydrogen-bond donors (Lipinski definition) is 0. The lowest BCUT2D eigenvalue weighted by Gasteiger charge is -2.33. The van der Waals surface area contributed by atoms with E-state index in [1.54, 1.807) is 18.3 Å². The number of rotatable bonds is 5. The maximum atomic E-state index is 13.2. The van der Waals surface area contributed by atoms with Gasteiger partial charge in [-0.25, -0.2) is 13.1 Å². The third-order valence-electron chi connectivity index (χ3n) is 6.13. The summed E-state index contributed by atoms with van der Waals surface area (Å²) in [5.74, 6) is 0. The highest BCUT2D eigenvalue weighted by molar-refractivity contribution is 7.89. The van der Waals surface area contributed by atoms with Crippen LogP contribution in [0.1, 0.15) is 5.56 Å². The van der Waals surface area contributed by atoms with E-state index in [9.17, 15) is 13.2 Å².